The normalized spacial score (nSPS) is 14.8. The zero-order valence-corrected chi connectivity index (χ0v) is 11.8. The molecule has 1 amide bonds. The summed E-state index contributed by atoms with van der Waals surface area (Å²) in [5, 5.41) is 2.94. The van der Waals surface area contributed by atoms with Crippen LogP contribution in [0.5, 0.6) is 0 Å². The Balaban J connectivity index is 1.80. The summed E-state index contributed by atoms with van der Waals surface area (Å²) in [4.78, 5) is 22.5. The Morgan fingerprint density at radius 1 is 1.10 bits per heavy atom. The van der Waals surface area contributed by atoms with Crippen LogP contribution in [0.3, 0.4) is 0 Å². The van der Waals surface area contributed by atoms with Crippen molar-refractivity contribution in [3.63, 3.8) is 0 Å². The van der Waals surface area contributed by atoms with Crippen molar-refractivity contribution in [2.24, 2.45) is 0 Å². The van der Waals surface area contributed by atoms with E-state index in [4.69, 9.17) is 0 Å². The van der Waals surface area contributed by atoms with E-state index in [0.717, 1.165) is 24.5 Å². The molecule has 21 heavy (non-hydrogen) atoms. The maximum Gasteiger partial charge on any atom is 0.275 e. The number of nitrogens with zero attached hydrogens (tertiary/aromatic N) is 3. The van der Waals surface area contributed by atoms with Crippen LogP contribution in [0.1, 0.15) is 29.8 Å². The Bertz CT molecular complexity index is 609. The van der Waals surface area contributed by atoms with E-state index in [9.17, 15) is 4.79 Å². The molecule has 5 heteroatoms. The van der Waals surface area contributed by atoms with E-state index in [2.05, 4.69) is 26.3 Å². The first-order valence-corrected chi connectivity index (χ1v) is 7.26. The van der Waals surface area contributed by atoms with Crippen molar-refractivity contribution in [1.29, 1.82) is 0 Å². The Labute approximate surface area is 124 Å². The Kier molecular flexibility index (Phi) is 4.09. The SMILES string of the molecule is O=C(Nc1ccccc1N1CCCCC1)c1cnccn1. The highest BCUT2D eigenvalue weighted by Crippen LogP contribution is 2.28. The average molecular weight is 282 g/mol. The summed E-state index contributed by atoms with van der Waals surface area (Å²) in [6.07, 6.45) is 8.23. The van der Waals surface area contributed by atoms with Gasteiger partial charge in [-0.25, -0.2) is 4.98 Å². The van der Waals surface area contributed by atoms with Crippen LogP contribution in [0.15, 0.2) is 42.9 Å². The fourth-order valence-electron chi connectivity index (χ4n) is 2.59. The van der Waals surface area contributed by atoms with Crippen molar-refractivity contribution in [2.45, 2.75) is 19.3 Å². The molecule has 0 atom stereocenters. The van der Waals surface area contributed by atoms with Crippen LogP contribution in [0.2, 0.25) is 0 Å². The van der Waals surface area contributed by atoms with Gasteiger partial charge in [0.25, 0.3) is 5.91 Å². The number of hydrogen-bond donors (Lipinski definition) is 1. The van der Waals surface area contributed by atoms with Crippen LogP contribution in [0.25, 0.3) is 0 Å². The molecule has 1 aromatic heterocycles. The summed E-state index contributed by atoms with van der Waals surface area (Å²) in [6, 6.07) is 7.91. The second kappa shape index (κ2) is 6.35. The number of amides is 1. The van der Waals surface area contributed by atoms with E-state index < -0.39 is 0 Å². The van der Waals surface area contributed by atoms with Gasteiger partial charge in [0, 0.05) is 25.5 Å². The van der Waals surface area contributed by atoms with Gasteiger partial charge in [-0.3, -0.25) is 9.78 Å². The number of benzene rings is 1. The third kappa shape index (κ3) is 3.18. The highest BCUT2D eigenvalue weighted by molar-refractivity contribution is 6.04. The van der Waals surface area contributed by atoms with Gasteiger partial charge >= 0.3 is 0 Å². The minimum Gasteiger partial charge on any atom is -0.370 e. The largest absolute Gasteiger partial charge is 0.370 e. The van der Waals surface area contributed by atoms with E-state index in [0.29, 0.717) is 5.69 Å². The first kappa shape index (κ1) is 13.5. The molecule has 2 aromatic rings. The molecule has 2 heterocycles. The molecule has 0 bridgehead atoms. The lowest BCUT2D eigenvalue weighted by atomic mass is 10.1. The number of anilines is 2. The third-order valence-corrected chi connectivity index (χ3v) is 3.64. The van der Waals surface area contributed by atoms with Gasteiger partial charge in [-0.1, -0.05) is 12.1 Å². The fraction of sp³-hybridized carbons (Fsp3) is 0.312. The van der Waals surface area contributed by atoms with Gasteiger partial charge in [-0.05, 0) is 31.4 Å². The number of hydrogen-bond acceptors (Lipinski definition) is 4. The van der Waals surface area contributed by atoms with Crippen LogP contribution in [0, 0.1) is 0 Å². The molecule has 1 aliphatic heterocycles. The number of piperidine rings is 1. The molecule has 3 rings (SSSR count). The molecule has 1 saturated heterocycles. The van der Waals surface area contributed by atoms with Crippen molar-refractivity contribution in [1.82, 2.24) is 9.97 Å². The molecule has 0 saturated carbocycles. The molecule has 1 fully saturated rings. The summed E-state index contributed by atoms with van der Waals surface area (Å²) >= 11 is 0. The maximum atomic E-state index is 12.2. The van der Waals surface area contributed by atoms with Crippen molar-refractivity contribution in [3.8, 4) is 0 Å². The topological polar surface area (TPSA) is 58.1 Å². The molecule has 1 aromatic carbocycles. The number of para-hydroxylation sites is 2. The van der Waals surface area contributed by atoms with Crippen molar-refractivity contribution in [2.75, 3.05) is 23.3 Å². The third-order valence-electron chi connectivity index (χ3n) is 3.64. The molecule has 108 valence electrons. The first-order chi connectivity index (χ1) is 10.3. The molecule has 1 N–H and O–H groups in total. The molecule has 0 radical (unpaired) electrons. The minimum atomic E-state index is -0.229. The second-order valence-corrected chi connectivity index (χ2v) is 5.11. The van der Waals surface area contributed by atoms with E-state index >= 15 is 0 Å². The lowest BCUT2D eigenvalue weighted by Gasteiger charge is -2.30. The summed E-state index contributed by atoms with van der Waals surface area (Å²) < 4.78 is 0. The highest BCUT2D eigenvalue weighted by Gasteiger charge is 2.16. The smallest absolute Gasteiger partial charge is 0.275 e. The molecular formula is C16H18N4O. The van der Waals surface area contributed by atoms with Crippen LogP contribution in [-0.2, 0) is 0 Å². The molecule has 0 aliphatic carbocycles. The Morgan fingerprint density at radius 3 is 2.67 bits per heavy atom. The number of nitrogens with one attached hydrogen (secondary N) is 1. The van der Waals surface area contributed by atoms with Gasteiger partial charge in [0.1, 0.15) is 5.69 Å². The van der Waals surface area contributed by atoms with Gasteiger partial charge in [-0.15, -0.1) is 0 Å². The zero-order valence-electron chi connectivity index (χ0n) is 11.8. The van der Waals surface area contributed by atoms with Crippen LogP contribution in [-0.4, -0.2) is 29.0 Å². The van der Waals surface area contributed by atoms with E-state index in [1.807, 2.05) is 18.2 Å². The fourth-order valence-corrected chi connectivity index (χ4v) is 2.59. The number of rotatable bonds is 3. The van der Waals surface area contributed by atoms with E-state index in [1.165, 1.54) is 31.7 Å². The van der Waals surface area contributed by atoms with Crippen molar-refractivity contribution < 1.29 is 4.79 Å². The highest BCUT2D eigenvalue weighted by atomic mass is 16.1. The summed E-state index contributed by atoms with van der Waals surface area (Å²) in [5.74, 6) is -0.229. The molecule has 5 nitrogen and oxygen atoms in total. The van der Waals surface area contributed by atoms with Gasteiger partial charge in [0.15, 0.2) is 0 Å². The molecular weight excluding hydrogens is 264 g/mol. The first-order valence-electron chi connectivity index (χ1n) is 7.26. The predicted octanol–water partition coefficient (Wildman–Crippen LogP) is 2.72. The summed E-state index contributed by atoms with van der Waals surface area (Å²) in [7, 11) is 0. The van der Waals surface area contributed by atoms with Crippen LogP contribution in [0.4, 0.5) is 11.4 Å². The maximum absolute atomic E-state index is 12.2. The van der Waals surface area contributed by atoms with Crippen LogP contribution >= 0.6 is 0 Å². The minimum absolute atomic E-state index is 0.229. The zero-order chi connectivity index (χ0) is 14.5. The summed E-state index contributed by atoms with van der Waals surface area (Å²) in [5.41, 5.74) is 2.23. The van der Waals surface area contributed by atoms with Crippen molar-refractivity contribution >= 4 is 17.3 Å². The van der Waals surface area contributed by atoms with Gasteiger partial charge in [-0.2, -0.15) is 0 Å². The second-order valence-electron chi connectivity index (χ2n) is 5.11. The van der Waals surface area contributed by atoms with Crippen molar-refractivity contribution in [3.05, 3.63) is 48.5 Å². The van der Waals surface area contributed by atoms with Crippen LogP contribution < -0.4 is 10.2 Å². The van der Waals surface area contributed by atoms with E-state index in [1.54, 1.807) is 6.20 Å². The van der Waals surface area contributed by atoms with Gasteiger partial charge in [0.2, 0.25) is 0 Å². The number of carbonyl (C=O) groups excluding carboxylic acids is 1. The average Bonchev–Trinajstić information content (AvgIpc) is 2.57. The Morgan fingerprint density at radius 2 is 1.90 bits per heavy atom. The number of aromatic nitrogens is 2. The predicted molar refractivity (Wildman–Crippen MR) is 82.5 cm³/mol. The Hall–Kier alpha value is -2.43. The standard InChI is InChI=1S/C16H18N4O/c21-16(14-12-17-8-9-18-14)19-13-6-2-3-7-15(13)20-10-4-1-5-11-20/h2-3,6-9,12H,1,4-5,10-11H2,(H,19,21). The van der Waals surface area contributed by atoms with Gasteiger partial charge < -0.3 is 10.2 Å². The molecule has 1 aliphatic rings. The molecule has 0 unspecified atom stereocenters. The summed E-state index contributed by atoms with van der Waals surface area (Å²) in [6.45, 7) is 2.08. The molecule has 0 spiro atoms. The number of carbonyl (C=O) groups is 1. The van der Waals surface area contributed by atoms with E-state index in [-0.39, 0.29) is 5.91 Å². The van der Waals surface area contributed by atoms with Gasteiger partial charge in [0.05, 0.1) is 17.6 Å². The lowest BCUT2D eigenvalue weighted by molar-refractivity contribution is 0.102. The lowest BCUT2D eigenvalue weighted by Crippen LogP contribution is -2.30. The quantitative estimate of drug-likeness (QED) is 0.940. The monoisotopic (exact) mass is 282 g/mol.